The number of hydrogen-bond acceptors (Lipinski definition) is 2. The molecule has 8 heteroatoms. The molecule has 0 aromatic rings. The van der Waals surface area contributed by atoms with Crippen molar-refractivity contribution in [1.82, 2.24) is 13.3 Å². The third kappa shape index (κ3) is 1.61. The van der Waals surface area contributed by atoms with Gasteiger partial charge in [-0.1, -0.05) is 20.8 Å². The third-order valence-corrected chi connectivity index (χ3v) is 4.09. The van der Waals surface area contributed by atoms with Crippen LogP contribution < -0.4 is 0 Å². The lowest BCUT2D eigenvalue weighted by Crippen LogP contribution is -2.69. The fraction of sp³-hybridized carbons (Fsp3) is 0.750. The van der Waals surface area contributed by atoms with Crippen LogP contribution in [0.5, 0.6) is 0 Å². The van der Waals surface area contributed by atoms with Gasteiger partial charge in [-0.2, -0.15) is 0 Å². The number of imide groups is 1. The minimum Gasteiger partial charge on any atom is -0.245 e. The summed E-state index contributed by atoms with van der Waals surface area (Å²) in [5.41, 5.74) is -1.71. The fourth-order valence-electron chi connectivity index (χ4n) is 1.27. The Morgan fingerprint density at radius 3 is 1.56 bits per heavy atom. The molecule has 5 nitrogen and oxygen atoms in total. The molecule has 1 aliphatic rings. The van der Waals surface area contributed by atoms with Crippen LogP contribution in [-0.2, 0) is 0 Å². The summed E-state index contributed by atoms with van der Waals surface area (Å²) in [6, 6.07) is -1.63. The summed E-state index contributed by atoms with van der Waals surface area (Å²) in [5.74, 6) is 0. The van der Waals surface area contributed by atoms with Gasteiger partial charge in [-0.15, -0.1) is 4.42 Å². The highest BCUT2D eigenvalue weighted by molar-refractivity contribution is 6.38. The largest absolute Gasteiger partial charge is 0.360 e. The van der Waals surface area contributed by atoms with E-state index in [1.807, 2.05) is 20.8 Å². The number of carbonyl (C=O) groups excluding carboxylic acids is 2. The minimum atomic E-state index is -1.17. The number of nitrogens with zero attached hydrogens (tertiary/aromatic N) is 3. The van der Waals surface area contributed by atoms with Crippen molar-refractivity contribution in [3.63, 3.8) is 0 Å². The molecule has 0 bridgehead atoms. The second-order valence-electron chi connectivity index (χ2n) is 4.68. The minimum absolute atomic E-state index is 0.341. The van der Waals surface area contributed by atoms with Crippen molar-refractivity contribution in [2.75, 3.05) is 0 Å². The van der Waals surface area contributed by atoms with Gasteiger partial charge in [-0.25, -0.2) is 18.4 Å². The zero-order valence-electron chi connectivity index (χ0n) is 9.29. The third-order valence-electron chi connectivity index (χ3n) is 2.86. The zero-order valence-corrected chi connectivity index (χ0v) is 11.6. The first-order valence-electron chi connectivity index (χ1n) is 4.51. The molecule has 0 saturated carbocycles. The van der Waals surface area contributed by atoms with Crippen LogP contribution in [0.4, 0.5) is 9.59 Å². The number of halogens is 3. The van der Waals surface area contributed by atoms with Gasteiger partial charge < -0.3 is 0 Å². The van der Waals surface area contributed by atoms with Crippen LogP contribution in [0.25, 0.3) is 0 Å². The van der Waals surface area contributed by atoms with Crippen molar-refractivity contribution in [1.29, 1.82) is 0 Å². The number of hydrogen-bond donors (Lipinski definition) is 0. The molecule has 0 spiro atoms. The second-order valence-corrected chi connectivity index (χ2v) is 5.69. The van der Waals surface area contributed by atoms with Crippen molar-refractivity contribution in [3.05, 3.63) is 0 Å². The van der Waals surface area contributed by atoms with Gasteiger partial charge in [0.05, 0.1) is 0 Å². The standard InChI is InChI=1S/C8H12Cl3N3O2/c1-7(2,3)8(4)13(10)5(15)12(9)6(16)14(8)11/h1-4H3. The van der Waals surface area contributed by atoms with Crippen LogP contribution in [0, 0.1) is 5.41 Å². The van der Waals surface area contributed by atoms with Gasteiger partial charge in [0.1, 0.15) is 0 Å². The number of amides is 4. The van der Waals surface area contributed by atoms with E-state index in [1.54, 1.807) is 6.92 Å². The fourth-order valence-corrected chi connectivity index (χ4v) is 2.35. The molecule has 1 fully saturated rings. The SMILES string of the molecule is CC(C)(C)C1(C)N(Cl)C(=O)N(Cl)C(=O)N1Cl. The molecule has 1 aliphatic heterocycles. The average Bonchev–Trinajstić information content (AvgIpc) is 2.19. The van der Waals surface area contributed by atoms with E-state index >= 15 is 0 Å². The summed E-state index contributed by atoms with van der Waals surface area (Å²) >= 11 is 17.3. The molecule has 16 heavy (non-hydrogen) atoms. The highest BCUT2D eigenvalue weighted by Crippen LogP contribution is 2.44. The molecule has 1 rings (SSSR count). The maximum atomic E-state index is 11.6. The number of urea groups is 2. The van der Waals surface area contributed by atoms with Crippen LogP contribution in [0.3, 0.4) is 0 Å². The molecule has 1 saturated heterocycles. The predicted octanol–water partition coefficient (Wildman–Crippen LogP) is 3.37. The molecule has 0 aliphatic carbocycles. The van der Waals surface area contributed by atoms with Crippen LogP contribution in [0.2, 0.25) is 0 Å². The summed E-state index contributed by atoms with van der Waals surface area (Å²) < 4.78 is 2.00. The van der Waals surface area contributed by atoms with Gasteiger partial charge in [-0.3, -0.25) is 0 Å². The first kappa shape index (κ1) is 13.7. The maximum absolute atomic E-state index is 11.6. The highest BCUT2D eigenvalue weighted by atomic mass is 35.5. The second kappa shape index (κ2) is 3.82. The lowest BCUT2D eigenvalue weighted by molar-refractivity contribution is -0.0103. The maximum Gasteiger partial charge on any atom is 0.360 e. The smallest absolute Gasteiger partial charge is 0.245 e. The Labute approximate surface area is 109 Å². The summed E-state index contributed by atoms with van der Waals surface area (Å²) in [6.45, 7) is 7.01. The average molecular weight is 289 g/mol. The van der Waals surface area contributed by atoms with E-state index in [4.69, 9.17) is 35.3 Å². The van der Waals surface area contributed by atoms with E-state index in [2.05, 4.69) is 0 Å². The summed E-state index contributed by atoms with van der Waals surface area (Å²) in [4.78, 5) is 23.3. The van der Waals surface area contributed by atoms with Gasteiger partial charge in [0.15, 0.2) is 5.66 Å². The monoisotopic (exact) mass is 287 g/mol. The van der Waals surface area contributed by atoms with Crippen molar-refractivity contribution in [2.24, 2.45) is 5.41 Å². The van der Waals surface area contributed by atoms with Gasteiger partial charge >= 0.3 is 12.1 Å². The molecular formula is C8H12Cl3N3O2. The highest BCUT2D eigenvalue weighted by Gasteiger charge is 2.57. The normalized spacial score (nSPS) is 21.8. The number of rotatable bonds is 0. The summed E-state index contributed by atoms with van der Waals surface area (Å²) in [6.07, 6.45) is 0. The van der Waals surface area contributed by atoms with Crippen LogP contribution >= 0.6 is 35.3 Å². The van der Waals surface area contributed by atoms with Gasteiger partial charge in [-0.05, 0) is 6.92 Å². The Morgan fingerprint density at radius 2 is 1.31 bits per heavy atom. The Kier molecular flexibility index (Phi) is 3.27. The molecule has 0 aromatic carbocycles. The Balaban J connectivity index is 3.29. The van der Waals surface area contributed by atoms with E-state index in [1.165, 1.54) is 0 Å². The van der Waals surface area contributed by atoms with Crippen molar-refractivity contribution < 1.29 is 9.59 Å². The van der Waals surface area contributed by atoms with Crippen LogP contribution in [-0.4, -0.2) is 31.0 Å². The molecule has 92 valence electrons. The molecule has 4 amide bonds. The summed E-state index contributed by atoms with van der Waals surface area (Å²) in [7, 11) is 0. The van der Waals surface area contributed by atoms with E-state index in [0.717, 1.165) is 8.84 Å². The van der Waals surface area contributed by atoms with E-state index in [-0.39, 0.29) is 0 Å². The lowest BCUT2D eigenvalue weighted by Gasteiger charge is -2.52. The first-order chi connectivity index (χ1) is 7.05. The number of carbonyl (C=O) groups is 2. The Morgan fingerprint density at radius 1 is 1.00 bits per heavy atom. The Bertz CT molecular complexity index is 320. The molecule has 0 atom stereocenters. The van der Waals surface area contributed by atoms with E-state index in [0.29, 0.717) is 4.42 Å². The van der Waals surface area contributed by atoms with Crippen molar-refractivity contribution >= 4 is 47.4 Å². The van der Waals surface area contributed by atoms with E-state index < -0.39 is 23.1 Å². The predicted molar refractivity (Wildman–Crippen MR) is 61.7 cm³/mol. The topological polar surface area (TPSA) is 43.9 Å². The van der Waals surface area contributed by atoms with Crippen molar-refractivity contribution in [3.8, 4) is 0 Å². The van der Waals surface area contributed by atoms with E-state index in [9.17, 15) is 9.59 Å². The van der Waals surface area contributed by atoms with Crippen LogP contribution in [0.15, 0.2) is 0 Å². The molecular weight excluding hydrogens is 276 g/mol. The Hall–Kier alpha value is -0.390. The van der Waals surface area contributed by atoms with Gasteiger partial charge in [0.25, 0.3) is 0 Å². The molecule has 1 heterocycles. The summed E-state index contributed by atoms with van der Waals surface area (Å²) in [5, 5.41) is 0. The molecule has 0 radical (unpaired) electrons. The zero-order chi connectivity index (χ0) is 12.9. The van der Waals surface area contributed by atoms with Gasteiger partial charge in [0.2, 0.25) is 0 Å². The van der Waals surface area contributed by atoms with Crippen LogP contribution in [0.1, 0.15) is 27.7 Å². The first-order valence-corrected chi connectivity index (χ1v) is 5.52. The molecule has 0 N–H and O–H groups in total. The molecule has 0 aromatic heterocycles. The van der Waals surface area contributed by atoms with Crippen molar-refractivity contribution in [2.45, 2.75) is 33.4 Å². The quantitative estimate of drug-likeness (QED) is 0.641. The lowest BCUT2D eigenvalue weighted by atomic mass is 9.81. The molecule has 0 unspecified atom stereocenters. The van der Waals surface area contributed by atoms with Gasteiger partial charge in [0, 0.05) is 40.7 Å².